The summed E-state index contributed by atoms with van der Waals surface area (Å²) in [6.07, 6.45) is 0.878. The van der Waals surface area contributed by atoms with Crippen LogP contribution in [-0.4, -0.2) is 48.3 Å². The Balaban J connectivity index is 2.01. The van der Waals surface area contributed by atoms with Crippen molar-refractivity contribution in [3.63, 3.8) is 0 Å². The van der Waals surface area contributed by atoms with Crippen LogP contribution in [0.5, 0.6) is 0 Å². The van der Waals surface area contributed by atoms with E-state index < -0.39 is 0 Å². The summed E-state index contributed by atoms with van der Waals surface area (Å²) in [6.45, 7) is 8.40. The lowest BCUT2D eigenvalue weighted by Gasteiger charge is -2.39. The van der Waals surface area contributed by atoms with Crippen LogP contribution < -0.4 is 0 Å². The van der Waals surface area contributed by atoms with Crippen LogP contribution in [0.15, 0.2) is 0 Å². The Morgan fingerprint density at radius 2 is 2.20 bits per heavy atom. The molecule has 2 aliphatic rings. The van der Waals surface area contributed by atoms with Crippen molar-refractivity contribution in [2.45, 2.75) is 44.9 Å². The van der Waals surface area contributed by atoms with Gasteiger partial charge in [0.2, 0.25) is 0 Å². The molecule has 0 bridgehead atoms. The highest BCUT2D eigenvalue weighted by Crippen LogP contribution is 2.25. The predicted molar refractivity (Wildman–Crippen MR) is 55.6 cm³/mol. The molecule has 2 heterocycles. The average Bonchev–Trinajstić information content (AvgIpc) is 2.43. The first-order chi connectivity index (χ1) is 6.98. The molecule has 0 aliphatic carbocycles. The predicted octanol–water partition coefficient (Wildman–Crippen LogP) is 0.801. The summed E-state index contributed by atoms with van der Waals surface area (Å²) < 4.78 is 10.8. The first-order valence-electron chi connectivity index (χ1n) is 5.56. The number of cyclic esters (lactones) is 1. The second kappa shape index (κ2) is 3.76. The van der Waals surface area contributed by atoms with Crippen LogP contribution in [-0.2, 0) is 14.3 Å². The Hall–Kier alpha value is -0.610. The molecule has 2 saturated heterocycles. The highest BCUT2D eigenvalue weighted by molar-refractivity contribution is 5.78. The second-order valence-electron chi connectivity index (χ2n) is 5.08. The van der Waals surface area contributed by atoms with Gasteiger partial charge in [0.25, 0.3) is 0 Å². The van der Waals surface area contributed by atoms with Crippen molar-refractivity contribution in [3.8, 4) is 0 Å². The fourth-order valence-electron chi connectivity index (χ4n) is 2.35. The number of nitrogens with zero attached hydrogens (tertiary/aromatic N) is 1. The molecule has 2 atom stereocenters. The van der Waals surface area contributed by atoms with Crippen LogP contribution in [0.1, 0.15) is 27.2 Å². The van der Waals surface area contributed by atoms with Gasteiger partial charge in [0, 0.05) is 19.5 Å². The van der Waals surface area contributed by atoms with Gasteiger partial charge in [-0.25, -0.2) is 0 Å². The van der Waals surface area contributed by atoms with Gasteiger partial charge < -0.3 is 9.47 Å². The third kappa shape index (κ3) is 2.32. The molecule has 0 aromatic heterocycles. The molecule has 4 nitrogen and oxygen atoms in total. The normalized spacial score (nSPS) is 36.6. The SMILES string of the molecule is C[C@@H]1C[C@H](N2CCOC(C)(C)C2)C(=O)O1. The van der Waals surface area contributed by atoms with Crippen LogP contribution in [0.25, 0.3) is 0 Å². The number of ether oxygens (including phenoxy) is 2. The van der Waals surface area contributed by atoms with Crippen molar-refractivity contribution in [1.82, 2.24) is 4.90 Å². The van der Waals surface area contributed by atoms with Crippen molar-refractivity contribution in [2.24, 2.45) is 0 Å². The van der Waals surface area contributed by atoms with E-state index in [4.69, 9.17) is 9.47 Å². The van der Waals surface area contributed by atoms with E-state index in [1.165, 1.54) is 0 Å². The number of morpholine rings is 1. The van der Waals surface area contributed by atoms with E-state index in [0.717, 1.165) is 19.5 Å². The van der Waals surface area contributed by atoms with Gasteiger partial charge in [0.1, 0.15) is 12.1 Å². The third-order valence-corrected chi connectivity index (χ3v) is 3.04. The van der Waals surface area contributed by atoms with Gasteiger partial charge in [-0.3, -0.25) is 9.69 Å². The van der Waals surface area contributed by atoms with Gasteiger partial charge >= 0.3 is 5.97 Å². The van der Waals surface area contributed by atoms with E-state index in [2.05, 4.69) is 18.7 Å². The smallest absolute Gasteiger partial charge is 0.323 e. The first kappa shape index (κ1) is 10.9. The van der Waals surface area contributed by atoms with Crippen molar-refractivity contribution in [3.05, 3.63) is 0 Å². The van der Waals surface area contributed by atoms with Gasteiger partial charge in [-0.15, -0.1) is 0 Å². The first-order valence-corrected chi connectivity index (χ1v) is 5.56. The molecular formula is C11H19NO3. The molecular weight excluding hydrogens is 194 g/mol. The number of hydrogen-bond acceptors (Lipinski definition) is 4. The number of carbonyl (C=O) groups is 1. The zero-order valence-electron chi connectivity index (χ0n) is 9.66. The summed E-state index contributed by atoms with van der Waals surface area (Å²) in [5.74, 6) is -0.0693. The maximum absolute atomic E-state index is 11.6. The number of hydrogen-bond donors (Lipinski definition) is 0. The molecule has 0 aromatic carbocycles. The summed E-state index contributed by atoms with van der Waals surface area (Å²) in [4.78, 5) is 13.8. The van der Waals surface area contributed by atoms with Crippen LogP contribution >= 0.6 is 0 Å². The Bertz CT molecular complexity index is 265. The van der Waals surface area contributed by atoms with E-state index in [0.29, 0.717) is 6.61 Å². The molecule has 0 spiro atoms. The van der Waals surface area contributed by atoms with Crippen molar-refractivity contribution in [1.29, 1.82) is 0 Å². The van der Waals surface area contributed by atoms with Crippen LogP contribution in [0.4, 0.5) is 0 Å². The highest BCUT2D eigenvalue weighted by Gasteiger charge is 2.40. The lowest BCUT2D eigenvalue weighted by molar-refractivity contribution is -0.149. The fraction of sp³-hybridized carbons (Fsp3) is 0.909. The Morgan fingerprint density at radius 1 is 1.47 bits per heavy atom. The maximum atomic E-state index is 11.6. The molecule has 15 heavy (non-hydrogen) atoms. The number of carbonyl (C=O) groups excluding carboxylic acids is 1. The van der Waals surface area contributed by atoms with E-state index in [9.17, 15) is 4.79 Å². The van der Waals surface area contributed by atoms with Gasteiger partial charge in [0.05, 0.1) is 12.2 Å². The van der Waals surface area contributed by atoms with Crippen molar-refractivity contribution < 1.29 is 14.3 Å². The minimum atomic E-state index is -0.148. The van der Waals surface area contributed by atoms with Crippen LogP contribution in [0.3, 0.4) is 0 Å². The molecule has 0 aromatic rings. The van der Waals surface area contributed by atoms with Crippen LogP contribution in [0.2, 0.25) is 0 Å². The molecule has 0 unspecified atom stereocenters. The van der Waals surface area contributed by atoms with Crippen LogP contribution in [0, 0.1) is 0 Å². The van der Waals surface area contributed by atoms with Gasteiger partial charge in [-0.2, -0.15) is 0 Å². The molecule has 4 heteroatoms. The van der Waals surface area contributed by atoms with E-state index in [-0.39, 0.29) is 23.7 Å². The van der Waals surface area contributed by atoms with E-state index in [1.54, 1.807) is 0 Å². The molecule has 2 fully saturated rings. The summed E-state index contributed by atoms with van der Waals surface area (Å²) in [5.41, 5.74) is -0.148. The highest BCUT2D eigenvalue weighted by atomic mass is 16.6. The zero-order chi connectivity index (χ0) is 11.1. The van der Waals surface area contributed by atoms with E-state index in [1.807, 2.05) is 6.92 Å². The van der Waals surface area contributed by atoms with Crippen molar-refractivity contribution in [2.75, 3.05) is 19.7 Å². The Labute approximate surface area is 90.5 Å². The second-order valence-corrected chi connectivity index (χ2v) is 5.08. The quantitative estimate of drug-likeness (QED) is 0.604. The largest absolute Gasteiger partial charge is 0.461 e. The molecule has 86 valence electrons. The Morgan fingerprint density at radius 3 is 2.73 bits per heavy atom. The third-order valence-electron chi connectivity index (χ3n) is 3.04. The maximum Gasteiger partial charge on any atom is 0.323 e. The summed E-state index contributed by atoms with van der Waals surface area (Å²) in [6, 6.07) is -0.0526. The molecule has 2 aliphatic heterocycles. The lowest BCUT2D eigenvalue weighted by Crippen LogP contribution is -2.53. The van der Waals surface area contributed by atoms with Gasteiger partial charge in [-0.1, -0.05) is 0 Å². The molecule has 0 radical (unpaired) electrons. The van der Waals surface area contributed by atoms with E-state index >= 15 is 0 Å². The minimum absolute atomic E-state index is 0.0526. The molecule has 0 saturated carbocycles. The Kier molecular flexibility index (Phi) is 2.73. The molecule has 0 N–H and O–H groups in total. The average molecular weight is 213 g/mol. The zero-order valence-corrected chi connectivity index (χ0v) is 9.66. The summed E-state index contributed by atoms with van der Waals surface area (Å²) >= 11 is 0. The number of rotatable bonds is 1. The standard InChI is InChI=1S/C11H19NO3/c1-8-6-9(10(13)15-8)12-4-5-14-11(2,3)7-12/h8-9H,4-7H2,1-3H3/t8-,9+/m1/s1. The summed E-state index contributed by atoms with van der Waals surface area (Å²) in [5, 5.41) is 0. The van der Waals surface area contributed by atoms with Crippen molar-refractivity contribution >= 4 is 5.97 Å². The fourth-order valence-corrected chi connectivity index (χ4v) is 2.35. The van der Waals surface area contributed by atoms with Gasteiger partial charge in [0.15, 0.2) is 0 Å². The summed E-state index contributed by atoms with van der Waals surface area (Å²) in [7, 11) is 0. The molecule has 0 amide bonds. The number of esters is 1. The monoisotopic (exact) mass is 213 g/mol. The minimum Gasteiger partial charge on any atom is -0.461 e. The molecule has 2 rings (SSSR count). The van der Waals surface area contributed by atoms with Gasteiger partial charge in [-0.05, 0) is 20.8 Å². The topological polar surface area (TPSA) is 38.8 Å². The lowest BCUT2D eigenvalue weighted by atomic mass is 10.0.